The van der Waals surface area contributed by atoms with Crippen LogP contribution in [-0.2, 0) is 11.2 Å². The van der Waals surface area contributed by atoms with Gasteiger partial charge in [0.2, 0.25) is 0 Å². The van der Waals surface area contributed by atoms with Crippen LogP contribution in [0.2, 0.25) is 0 Å². The van der Waals surface area contributed by atoms with Gasteiger partial charge >= 0.3 is 5.97 Å². The zero-order chi connectivity index (χ0) is 23.8. The van der Waals surface area contributed by atoms with Gasteiger partial charge in [-0.2, -0.15) is 0 Å². The summed E-state index contributed by atoms with van der Waals surface area (Å²) in [4.78, 5) is 11.2. The molecule has 1 heterocycles. The predicted octanol–water partition coefficient (Wildman–Crippen LogP) is 7.54. The molecule has 0 amide bonds. The van der Waals surface area contributed by atoms with Crippen LogP contribution in [0.3, 0.4) is 0 Å². The van der Waals surface area contributed by atoms with Crippen LogP contribution in [0.1, 0.15) is 57.4 Å². The molecule has 0 saturated heterocycles. The Morgan fingerprint density at radius 3 is 2.12 bits per heavy atom. The molecule has 1 atom stereocenters. The third kappa shape index (κ3) is 6.19. The molecule has 34 heavy (non-hydrogen) atoms. The van der Waals surface area contributed by atoms with Crippen LogP contribution in [-0.4, -0.2) is 23.8 Å². The summed E-state index contributed by atoms with van der Waals surface area (Å²) >= 11 is 0. The van der Waals surface area contributed by atoms with E-state index in [1.54, 1.807) is 0 Å². The van der Waals surface area contributed by atoms with Crippen molar-refractivity contribution < 1.29 is 19.4 Å². The molecule has 0 aromatic heterocycles. The van der Waals surface area contributed by atoms with E-state index >= 15 is 0 Å². The van der Waals surface area contributed by atoms with Gasteiger partial charge in [0.05, 0.1) is 6.61 Å². The Morgan fingerprint density at radius 1 is 0.853 bits per heavy atom. The Bertz CT molecular complexity index is 1070. The lowest BCUT2D eigenvalue weighted by Crippen LogP contribution is -2.30. The summed E-state index contributed by atoms with van der Waals surface area (Å²) in [7, 11) is 0. The summed E-state index contributed by atoms with van der Waals surface area (Å²) in [6.45, 7) is 3.02. The van der Waals surface area contributed by atoms with Gasteiger partial charge in [0.25, 0.3) is 0 Å². The number of aliphatic carboxylic acids is 1. The van der Waals surface area contributed by atoms with Crippen molar-refractivity contribution in [1.29, 1.82) is 0 Å². The first-order chi connectivity index (χ1) is 16.6. The minimum atomic E-state index is -0.900. The smallest absolute Gasteiger partial charge is 0.344 e. The summed E-state index contributed by atoms with van der Waals surface area (Å²) in [5, 5.41) is 9.18. The molecule has 0 fully saturated rings. The first kappa shape index (κ1) is 23.9. The number of hydrogen-bond donors (Lipinski definition) is 1. The zero-order valence-electron chi connectivity index (χ0n) is 20.0. The molecular weight excluding hydrogens is 424 g/mol. The molecule has 1 aliphatic rings. The summed E-state index contributed by atoms with van der Waals surface area (Å²) < 4.78 is 11.5. The number of ether oxygens (including phenoxy) is 2. The lowest BCUT2D eigenvalue weighted by Gasteiger charge is -2.23. The van der Waals surface area contributed by atoms with E-state index in [1.807, 2.05) is 24.3 Å². The van der Waals surface area contributed by atoms with Gasteiger partial charge in [0, 0.05) is 0 Å². The maximum atomic E-state index is 11.2. The molecule has 0 aliphatic carbocycles. The predicted molar refractivity (Wildman–Crippen MR) is 137 cm³/mol. The molecule has 1 N–H and O–H groups in total. The number of carboxylic acid groups (broad SMARTS) is 1. The van der Waals surface area contributed by atoms with Crippen molar-refractivity contribution in [3.05, 3.63) is 72.3 Å². The van der Waals surface area contributed by atoms with Crippen molar-refractivity contribution in [1.82, 2.24) is 0 Å². The molecule has 0 radical (unpaired) electrons. The van der Waals surface area contributed by atoms with Crippen LogP contribution in [0.5, 0.6) is 11.5 Å². The van der Waals surface area contributed by atoms with E-state index in [1.165, 1.54) is 32.1 Å². The standard InChI is InChI=1S/C30H34O4/c1-2-3-4-5-6-7-20-33-27-16-12-23(13-17-27)22-8-10-24(11-9-22)25-14-18-28-26(21-25)15-19-29(34-28)30(31)32/h8-14,16-18,21,29H,2-7,15,19-20H2,1H3,(H,31,32)/t29-/m0/s1. The van der Waals surface area contributed by atoms with Crippen molar-refractivity contribution in [3.8, 4) is 33.8 Å². The quantitative estimate of drug-likeness (QED) is 0.302. The summed E-state index contributed by atoms with van der Waals surface area (Å²) in [5.74, 6) is 0.705. The fourth-order valence-corrected chi connectivity index (χ4v) is 4.41. The average molecular weight is 459 g/mol. The molecule has 3 aromatic rings. The van der Waals surface area contributed by atoms with Gasteiger partial charge in [-0.05, 0) is 71.3 Å². The van der Waals surface area contributed by atoms with Gasteiger partial charge in [-0.15, -0.1) is 0 Å². The fourth-order valence-electron chi connectivity index (χ4n) is 4.41. The molecule has 4 heteroatoms. The largest absolute Gasteiger partial charge is 0.494 e. The number of aryl methyl sites for hydroxylation is 1. The molecule has 1 aliphatic heterocycles. The Hall–Kier alpha value is -3.27. The van der Waals surface area contributed by atoms with Crippen LogP contribution < -0.4 is 9.47 Å². The highest BCUT2D eigenvalue weighted by Gasteiger charge is 2.25. The Morgan fingerprint density at radius 2 is 1.44 bits per heavy atom. The van der Waals surface area contributed by atoms with Crippen molar-refractivity contribution in [2.24, 2.45) is 0 Å². The monoisotopic (exact) mass is 458 g/mol. The molecule has 0 spiro atoms. The first-order valence-corrected chi connectivity index (χ1v) is 12.5. The van der Waals surface area contributed by atoms with Gasteiger partial charge in [0.1, 0.15) is 11.5 Å². The normalized spacial score (nSPS) is 14.8. The van der Waals surface area contributed by atoms with E-state index in [2.05, 4.69) is 49.4 Å². The Labute approximate surface area is 202 Å². The molecule has 0 unspecified atom stereocenters. The number of carbonyl (C=O) groups is 1. The van der Waals surface area contributed by atoms with E-state index < -0.39 is 12.1 Å². The lowest BCUT2D eigenvalue weighted by molar-refractivity contribution is -0.145. The van der Waals surface area contributed by atoms with Crippen LogP contribution in [0.4, 0.5) is 0 Å². The molecule has 0 saturated carbocycles. The molecule has 178 valence electrons. The molecule has 4 rings (SSSR count). The summed E-state index contributed by atoms with van der Waals surface area (Å²) in [6.07, 6.45) is 8.08. The van der Waals surface area contributed by atoms with Gasteiger partial charge in [-0.25, -0.2) is 4.79 Å². The highest BCUT2D eigenvalue weighted by molar-refractivity contribution is 5.74. The topological polar surface area (TPSA) is 55.8 Å². The van der Waals surface area contributed by atoms with E-state index in [9.17, 15) is 9.90 Å². The molecule has 3 aromatic carbocycles. The van der Waals surface area contributed by atoms with Crippen molar-refractivity contribution in [2.45, 2.75) is 64.4 Å². The van der Waals surface area contributed by atoms with E-state index in [-0.39, 0.29) is 0 Å². The van der Waals surface area contributed by atoms with Gasteiger partial charge in [0.15, 0.2) is 6.10 Å². The minimum Gasteiger partial charge on any atom is -0.494 e. The van der Waals surface area contributed by atoms with Crippen LogP contribution in [0, 0.1) is 0 Å². The van der Waals surface area contributed by atoms with E-state index in [0.717, 1.165) is 46.6 Å². The second-order valence-electron chi connectivity index (χ2n) is 9.02. The summed E-state index contributed by atoms with van der Waals surface area (Å²) in [5.41, 5.74) is 5.64. The molecule has 0 bridgehead atoms. The number of benzene rings is 3. The first-order valence-electron chi connectivity index (χ1n) is 12.5. The van der Waals surface area contributed by atoms with Crippen molar-refractivity contribution in [3.63, 3.8) is 0 Å². The maximum Gasteiger partial charge on any atom is 0.344 e. The van der Waals surface area contributed by atoms with Gasteiger partial charge in [-0.1, -0.05) is 81.5 Å². The summed E-state index contributed by atoms with van der Waals surface area (Å²) in [6, 6.07) is 22.8. The third-order valence-corrected chi connectivity index (χ3v) is 6.45. The van der Waals surface area contributed by atoms with Crippen LogP contribution in [0.15, 0.2) is 66.7 Å². The number of unbranched alkanes of at least 4 members (excludes halogenated alkanes) is 5. The highest BCUT2D eigenvalue weighted by Crippen LogP contribution is 2.33. The van der Waals surface area contributed by atoms with E-state index in [4.69, 9.17) is 9.47 Å². The van der Waals surface area contributed by atoms with Crippen molar-refractivity contribution >= 4 is 5.97 Å². The number of fused-ring (bicyclic) bond motifs is 1. The second kappa shape index (κ2) is 11.7. The van der Waals surface area contributed by atoms with E-state index in [0.29, 0.717) is 18.6 Å². The SMILES string of the molecule is CCCCCCCCOc1ccc(-c2ccc(-c3ccc4c(c3)CC[C@@H](C(=O)O)O4)cc2)cc1. The lowest BCUT2D eigenvalue weighted by atomic mass is 9.95. The average Bonchev–Trinajstić information content (AvgIpc) is 2.88. The Balaban J connectivity index is 1.33. The zero-order valence-corrected chi connectivity index (χ0v) is 20.0. The van der Waals surface area contributed by atoms with Crippen molar-refractivity contribution in [2.75, 3.05) is 6.61 Å². The number of carboxylic acids is 1. The second-order valence-corrected chi connectivity index (χ2v) is 9.02. The minimum absolute atomic E-state index is 0.503. The Kier molecular flexibility index (Phi) is 8.24. The molecular formula is C30H34O4. The molecule has 4 nitrogen and oxygen atoms in total. The third-order valence-electron chi connectivity index (χ3n) is 6.45. The maximum absolute atomic E-state index is 11.2. The van der Waals surface area contributed by atoms with Gasteiger partial charge < -0.3 is 14.6 Å². The van der Waals surface area contributed by atoms with Gasteiger partial charge in [-0.3, -0.25) is 0 Å². The van der Waals surface area contributed by atoms with Crippen LogP contribution >= 0.6 is 0 Å². The highest BCUT2D eigenvalue weighted by atomic mass is 16.5. The fraction of sp³-hybridized carbons (Fsp3) is 0.367. The van der Waals surface area contributed by atoms with Crippen LogP contribution in [0.25, 0.3) is 22.3 Å². The number of hydrogen-bond acceptors (Lipinski definition) is 3. The number of rotatable bonds is 11.